The van der Waals surface area contributed by atoms with E-state index in [0.717, 1.165) is 44.6 Å². The summed E-state index contributed by atoms with van der Waals surface area (Å²) in [6.07, 6.45) is -0.155. The van der Waals surface area contributed by atoms with E-state index in [9.17, 15) is 26.4 Å². The van der Waals surface area contributed by atoms with Crippen LogP contribution < -0.4 is 20.9 Å². The SMILES string of the molecule is CC(C)(F)C(NC(c1ccc(-c2ccc(S(C)(=O)=O)cc2)cc1)C(F)(F)F)C(=O)NCCNc1ccc(N2CCCCC2)cc1. The number of alkyl halides is 4. The quantitative estimate of drug-likeness (QED) is 0.158. The van der Waals surface area contributed by atoms with Crippen LogP contribution in [0.1, 0.15) is 44.7 Å². The van der Waals surface area contributed by atoms with E-state index in [1.807, 2.05) is 24.3 Å². The fraction of sp³-hybridized carbons (Fsp3) is 0.424. The molecule has 45 heavy (non-hydrogen) atoms. The lowest BCUT2D eigenvalue weighted by atomic mass is 9.95. The molecule has 1 amide bonds. The highest BCUT2D eigenvalue weighted by Crippen LogP contribution is 2.35. The van der Waals surface area contributed by atoms with E-state index in [1.54, 1.807) is 12.1 Å². The first-order chi connectivity index (χ1) is 21.1. The van der Waals surface area contributed by atoms with Gasteiger partial charge in [0.2, 0.25) is 5.91 Å². The summed E-state index contributed by atoms with van der Waals surface area (Å²) >= 11 is 0. The predicted octanol–water partition coefficient (Wildman–Crippen LogP) is 6.29. The molecule has 2 unspecified atom stereocenters. The van der Waals surface area contributed by atoms with Crippen LogP contribution in [-0.4, -0.2) is 64.6 Å². The van der Waals surface area contributed by atoms with E-state index in [0.29, 0.717) is 17.7 Å². The molecule has 1 heterocycles. The van der Waals surface area contributed by atoms with Crippen molar-refractivity contribution < 1.29 is 30.8 Å². The summed E-state index contributed by atoms with van der Waals surface area (Å²) in [4.78, 5) is 15.5. The molecular formula is C33H40F4N4O3S. The minimum atomic E-state index is -4.83. The third kappa shape index (κ3) is 9.43. The minimum Gasteiger partial charge on any atom is -0.383 e. The minimum absolute atomic E-state index is 0.0739. The number of nitrogens with one attached hydrogen (secondary N) is 3. The second-order valence-electron chi connectivity index (χ2n) is 11.9. The van der Waals surface area contributed by atoms with Crippen molar-refractivity contribution in [2.45, 2.75) is 61.9 Å². The fourth-order valence-corrected chi connectivity index (χ4v) is 5.96. The van der Waals surface area contributed by atoms with Crippen molar-refractivity contribution in [2.24, 2.45) is 0 Å². The first-order valence-electron chi connectivity index (χ1n) is 14.9. The summed E-state index contributed by atoms with van der Waals surface area (Å²) in [5, 5.41) is 7.95. The lowest BCUT2D eigenvalue weighted by Gasteiger charge is -2.32. The average Bonchev–Trinajstić information content (AvgIpc) is 2.99. The van der Waals surface area contributed by atoms with Crippen LogP contribution in [0.3, 0.4) is 0 Å². The smallest absolute Gasteiger partial charge is 0.383 e. The summed E-state index contributed by atoms with van der Waals surface area (Å²) in [7, 11) is -3.39. The van der Waals surface area contributed by atoms with Crippen molar-refractivity contribution in [3.8, 4) is 11.1 Å². The molecule has 244 valence electrons. The van der Waals surface area contributed by atoms with Gasteiger partial charge in [0.15, 0.2) is 9.84 Å². The Morgan fingerprint density at radius 3 is 1.89 bits per heavy atom. The second kappa shape index (κ2) is 14.2. The molecule has 1 aliphatic rings. The summed E-state index contributed by atoms with van der Waals surface area (Å²) in [6, 6.07) is 15.2. The topological polar surface area (TPSA) is 90.5 Å². The van der Waals surface area contributed by atoms with Crippen LogP contribution in [0.5, 0.6) is 0 Å². The summed E-state index contributed by atoms with van der Waals surface area (Å²) in [5.41, 5.74) is 0.637. The van der Waals surface area contributed by atoms with Gasteiger partial charge in [-0.3, -0.25) is 10.1 Å². The maximum Gasteiger partial charge on any atom is 0.407 e. The van der Waals surface area contributed by atoms with Crippen LogP contribution in [0.15, 0.2) is 77.7 Å². The molecular weight excluding hydrogens is 608 g/mol. The average molecular weight is 649 g/mol. The summed E-state index contributed by atoms with van der Waals surface area (Å²) < 4.78 is 81.4. The number of rotatable bonds is 12. The number of benzene rings is 3. The Kier molecular flexibility index (Phi) is 10.8. The Morgan fingerprint density at radius 2 is 1.38 bits per heavy atom. The molecule has 1 aliphatic heterocycles. The number of halogens is 4. The van der Waals surface area contributed by atoms with Crippen molar-refractivity contribution in [1.29, 1.82) is 0 Å². The maximum absolute atomic E-state index is 15.2. The van der Waals surface area contributed by atoms with Gasteiger partial charge < -0.3 is 15.5 Å². The Balaban J connectivity index is 1.38. The molecule has 0 radical (unpaired) electrons. The second-order valence-corrected chi connectivity index (χ2v) is 13.9. The fourth-order valence-electron chi connectivity index (χ4n) is 5.33. The molecule has 3 aromatic rings. The molecule has 7 nitrogen and oxygen atoms in total. The van der Waals surface area contributed by atoms with Gasteiger partial charge in [-0.1, -0.05) is 36.4 Å². The number of sulfone groups is 1. The van der Waals surface area contributed by atoms with Gasteiger partial charge in [0.05, 0.1) is 4.90 Å². The van der Waals surface area contributed by atoms with E-state index in [1.165, 1.54) is 55.7 Å². The van der Waals surface area contributed by atoms with Gasteiger partial charge in [0, 0.05) is 43.8 Å². The van der Waals surface area contributed by atoms with Crippen LogP contribution in [0, 0.1) is 0 Å². The monoisotopic (exact) mass is 648 g/mol. The first-order valence-corrected chi connectivity index (χ1v) is 16.8. The largest absolute Gasteiger partial charge is 0.407 e. The maximum atomic E-state index is 15.2. The molecule has 12 heteroatoms. The Hall–Kier alpha value is -3.64. The molecule has 0 bridgehead atoms. The zero-order valence-electron chi connectivity index (χ0n) is 25.6. The van der Waals surface area contributed by atoms with Gasteiger partial charge in [-0.2, -0.15) is 13.2 Å². The van der Waals surface area contributed by atoms with Crippen molar-refractivity contribution >= 4 is 27.1 Å². The number of piperidine rings is 1. The lowest BCUT2D eigenvalue weighted by molar-refractivity contribution is -0.163. The Bertz CT molecular complexity index is 1520. The number of carbonyl (C=O) groups excluding carboxylic acids is 1. The molecule has 1 saturated heterocycles. The zero-order chi connectivity index (χ0) is 32.8. The van der Waals surface area contributed by atoms with Crippen LogP contribution in [0.4, 0.5) is 28.9 Å². The molecule has 1 fully saturated rings. The predicted molar refractivity (Wildman–Crippen MR) is 170 cm³/mol. The highest BCUT2D eigenvalue weighted by atomic mass is 32.2. The molecule has 0 spiro atoms. The number of carbonyl (C=O) groups is 1. The molecule has 2 atom stereocenters. The van der Waals surface area contributed by atoms with Crippen LogP contribution in [0.2, 0.25) is 0 Å². The van der Waals surface area contributed by atoms with Crippen molar-refractivity contribution in [1.82, 2.24) is 10.6 Å². The number of nitrogens with zero attached hydrogens (tertiary/aromatic N) is 1. The Morgan fingerprint density at radius 1 is 0.822 bits per heavy atom. The molecule has 0 aliphatic carbocycles. The molecule has 4 rings (SSSR count). The van der Waals surface area contributed by atoms with Crippen LogP contribution >= 0.6 is 0 Å². The zero-order valence-corrected chi connectivity index (χ0v) is 26.4. The van der Waals surface area contributed by atoms with Crippen molar-refractivity contribution in [3.63, 3.8) is 0 Å². The highest BCUT2D eigenvalue weighted by molar-refractivity contribution is 7.90. The summed E-state index contributed by atoms with van der Waals surface area (Å²) in [5.74, 6) is -0.887. The normalized spacial score (nSPS) is 15.8. The van der Waals surface area contributed by atoms with E-state index in [4.69, 9.17) is 0 Å². The standard InChI is InChI=1S/C33H40F4N4O3S/c1-32(2,34)30(31(42)39-20-19-38-26-13-15-27(16-14-26)41-21-5-4-6-22-41)40-29(33(35,36)37)25-9-7-23(8-10-25)24-11-17-28(18-12-24)45(3,43)44/h7-18,29-30,38,40H,4-6,19-22H2,1-3H3,(H,39,42). The van der Waals surface area contributed by atoms with E-state index in [-0.39, 0.29) is 17.0 Å². The highest BCUT2D eigenvalue weighted by Gasteiger charge is 2.46. The van der Waals surface area contributed by atoms with E-state index >= 15 is 4.39 Å². The van der Waals surface area contributed by atoms with Gasteiger partial charge in [0.1, 0.15) is 17.8 Å². The van der Waals surface area contributed by atoms with Gasteiger partial charge >= 0.3 is 6.18 Å². The first kappa shape index (κ1) is 34.2. The van der Waals surface area contributed by atoms with Gasteiger partial charge in [0.25, 0.3) is 0 Å². The molecule has 0 aromatic heterocycles. The molecule has 3 N–H and O–H groups in total. The van der Waals surface area contributed by atoms with Gasteiger partial charge in [-0.05, 0) is 86.2 Å². The number of hydrogen-bond acceptors (Lipinski definition) is 6. The van der Waals surface area contributed by atoms with E-state index in [2.05, 4.69) is 20.9 Å². The summed E-state index contributed by atoms with van der Waals surface area (Å²) in [6.45, 7) is 4.55. The van der Waals surface area contributed by atoms with Crippen LogP contribution in [0.25, 0.3) is 11.1 Å². The van der Waals surface area contributed by atoms with E-state index < -0.39 is 39.7 Å². The van der Waals surface area contributed by atoms with Crippen molar-refractivity contribution in [3.05, 3.63) is 78.4 Å². The van der Waals surface area contributed by atoms with Crippen molar-refractivity contribution in [2.75, 3.05) is 42.7 Å². The van der Waals surface area contributed by atoms with Crippen LogP contribution in [-0.2, 0) is 14.6 Å². The van der Waals surface area contributed by atoms with Gasteiger partial charge in [-0.25, -0.2) is 12.8 Å². The Labute approximate surface area is 262 Å². The third-order valence-electron chi connectivity index (χ3n) is 7.81. The number of amides is 1. The van der Waals surface area contributed by atoms with Gasteiger partial charge in [-0.15, -0.1) is 0 Å². The molecule has 3 aromatic carbocycles. The molecule has 0 saturated carbocycles. The number of hydrogen-bond donors (Lipinski definition) is 3. The lowest BCUT2D eigenvalue weighted by Crippen LogP contribution is -2.57. The number of anilines is 2. The third-order valence-corrected chi connectivity index (χ3v) is 8.94.